The molecule has 0 aliphatic carbocycles. The van der Waals surface area contributed by atoms with Gasteiger partial charge >= 0.3 is 0 Å². The highest BCUT2D eigenvalue weighted by Gasteiger charge is 2.08. The first-order valence-corrected chi connectivity index (χ1v) is 6.67. The SMILES string of the molecule is CCCCc1[nH]cc[n+]1CCSCC. The van der Waals surface area contributed by atoms with Crippen molar-refractivity contribution in [1.82, 2.24) is 4.98 Å². The number of hydrogen-bond donors (Lipinski definition) is 1. The molecule has 0 atom stereocenters. The van der Waals surface area contributed by atoms with E-state index in [0.29, 0.717) is 0 Å². The van der Waals surface area contributed by atoms with Gasteiger partial charge in [0, 0.05) is 12.2 Å². The van der Waals surface area contributed by atoms with Crippen molar-refractivity contribution >= 4 is 11.8 Å². The number of aromatic nitrogens is 2. The highest BCUT2D eigenvalue weighted by Crippen LogP contribution is 2.00. The van der Waals surface area contributed by atoms with Gasteiger partial charge in [0.1, 0.15) is 12.4 Å². The number of rotatable bonds is 7. The first-order valence-electron chi connectivity index (χ1n) is 5.52. The van der Waals surface area contributed by atoms with Crippen LogP contribution in [0.3, 0.4) is 0 Å². The number of thioether (sulfide) groups is 1. The molecule has 0 amide bonds. The summed E-state index contributed by atoms with van der Waals surface area (Å²) in [6, 6.07) is 0. The minimum atomic E-state index is 1.14. The van der Waals surface area contributed by atoms with E-state index in [4.69, 9.17) is 0 Å². The zero-order valence-corrected chi connectivity index (χ0v) is 10.1. The second kappa shape index (κ2) is 6.93. The summed E-state index contributed by atoms with van der Waals surface area (Å²) in [5.74, 6) is 3.82. The van der Waals surface area contributed by atoms with Gasteiger partial charge in [0.2, 0.25) is 0 Å². The molecule has 3 heteroatoms. The smallest absolute Gasteiger partial charge is 0.248 e. The summed E-state index contributed by atoms with van der Waals surface area (Å²) in [6.07, 6.45) is 7.92. The van der Waals surface area contributed by atoms with Crippen LogP contribution in [0.15, 0.2) is 12.4 Å². The lowest BCUT2D eigenvalue weighted by Gasteiger charge is -1.99. The molecule has 1 N–H and O–H groups in total. The van der Waals surface area contributed by atoms with Gasteiger partial charge in [-0.3, -0.25) is 0 Å². The number of hydrogen-bond acceptors (Lipinski definition) is 1. The maximum Gasteiger partial charge on any atom is 0.254 e. The molecule has 0 spiro atoms. The lowest BCUT2D eigenvalue weighted by molar-refractivity contribution is -0.698. The van der Waals surface area contributed by atoms with Gasteiger partial charge in [0.25, 0.3) is 5.82 Å². The van der Waals surface area contributed by atoms with Crippen molar-refractivity contribution in [2.75, 3.05) is 11.5 Å². The van der Waals surface area contributed by atoms with Crippen LogP contribution in [-0.2, 0) is 13.0 Å². The van der Waals surface area contributed by atoms with Gasteiger partial charge in [0.15, 0.2) is 0 Å². The molecule has 1 aromatic rings. The first-order chi connectivity index (χ1) is 6.88. The van der Waals surface area contributed by atoms with Crippen LogP contribution in [0.1, 0.15) is 32.5 Å². The van der Waals surface area contributed by atoms with Crippen LogP contribution < -0.4 is 4.57 Å². The maximum absolute atomic E-state index is 3.32. The molecule has 0 unspecified atom stereocenters. The van der Waals surface area contributed by atoms with Crippen LogP contribution in [0.2, 0.25) is 0 Å². The van der Waals surface area contributed by atoms with E-state index in [0.717, 1.165) is 6.54 Å². The van der Waals surface area contributed by atoms with Gasteiger partial charge < -0.3 is 0 Å². The topological polar surface area (TPSA) is 19.7 Å². The number of nitrogens with zero attached hydrogens (tertiary/aromatic N) is 1. The molecule has 14 heavy (non-hydrogen) atoms. The van der Waals surface area contributed by atoms with Crippen molar-refractivity contribution in [1.29, 1.82) is 0 Å². The Labute approximate surface area is 91.1 Å². The zero-order valence-electron chi connectivity index (χ0n) is 9.25. The summed E-state index contributed by atoms with van der Waals surface area (Å²) in [5, 5.41) is 0. The van der Waals surface area contributed by atoms with E-state index in [1.165, 1.54) is 36.6 Å². The molecule has 1 heterocycles. The monoisotopic (exact) mass is 213 g/mol. The zero-order chi connectivity index (χ0) is 10.2. The van der Waals surface area contributed by atoms with E-state index in [1.807, 2.05) is 18.0 Å². The summed E-state index contributed by atoms with van der Waals surface area (Å²) in [6.45, 7) is 5.59. The number of aromatic amines is 1. The van der Waals surface area contributed by atoms with Crippen molar-refractivity contribution < 1.29 is 4.57 Å². The van der Waals surface area contributed by atoms with Crippen LogP contribution in [0.25, 0.3) is 0 Å². The van der Waals surface area contributed by atoms with Crippen molar-refractivity contribution in [2.45, 2.75) is 39.7 Å². The van der Waals surface area contributed by atoms with Crippen LogP contribution in [0.4, 0.5) is 0 Å². The lowest BCUT2D eigenvalue weighted by atomic mass is 10.2. The van der Waals surface area contributed by atoms with Gasteiger partial charge in [-0.05, 0) is 12.2 Å². The molecule has 0 fully saturated rings. The molecule has 0 aromatic carbocycles. The number of aryl methyl sites for hydroxylation is 2. The van der Waals surface area contributed by atoms with Crippen LogP contribution in [0.5, 0.6) is 0 Å². The first kappa shape index (κ1) is 11.6. The lowest BCUT2D eigenvalue weighted by Crippen LogP contribution is -2.37. The average Bonchev–Trinajstić information content (AvgIpc) is 2.63. The predicted octanol–water partition coefficient (Wildman–Crippen LogP) is 2.40. The standard InChI is InChI=1S/C11H20N2S/c1-3-5-6-11-12-7-8-13(11)9-10-14-4-2/h7-8H,3-6,9-10H2,1-2H3/p+1. The maximum atomic E-state index is 3.32. The Morgan fingerprint density at radius 1 is 1.43 bits per heavy atom. The van der Waals surface area contributed by atoms with Crippen molar-refractivity contribution in [3.05, 3.63) is 18.2 Å². The highest BCUT2D eigenvalue weighted by atomic mass is 32.2. The third-order valence-electron chi connectivity index (χ3n) is 2.30. The number of unbranched alkanes of at least 4 members (excludes halogenated alkanes) is 1. The van der Waals surface area contributed by atoms with Gasteiger partial charge in [0.05, 0.1) is 6.54 Å². The molecular formula is C11H21N2S+. The second-order valence-electron chi connectivity index (χ2n) is 3.40. The molecule has 0 radical (unpaired) electrons. The summed E-state index contributed by atoms with van der Waals surface area (Å²) < 4.78 is 2.35. The van der Waals surface area contributed by atoms with Crippen molar-refractivity contribution in [2.24, 2.45) is 0 Å². The van der Waals surface area contributed by atoms with E-state index in [9.17, 15) is 0 Å². The minimum absolute atomic E-state index is 1.14. The Balaban J connectivity index is 2.37. The van der Waals surface area contributed by atoms with E-state index in [2.05, 4.69) is 29.6 Å². The molecule has 0 saturated heterocycles. The summed E-state index contributed by atoms with van der Waals surface area (Å²) in [4.78, 5) is 3.32. The number of nitrogens with one attached hydrogen (secondary N) is 1. The summed E-state index contributed by atoms with van der Waals surface area (Å²) in [5.41, 5.74) is 0. The fourth-order valence-electron chi connectivity index (χ4n) is 1.47. The largest absolute Gasteiger partial charge is 0.254 e. The molecular weight excluding hydrogens is 192 g/mol. The highest BCUT2D eigenvalue weighted by molar-refractivity contribution is 7.99. The molecule has 1 rings (SSSR count). The van der Waals surface area contributed by atoms with Crippen LogP contribution in [0, 0.1) is 0 Å². The summed E-state index contributed by atoms with van der Waals surface area (Å²) in [7, 11) is 0. The predicted molar refractivity (Wildman–Crippen MR) is 62.6 cm³/mol. The third-order valence-corrected chi connectivity index (χ3v) is 3.18. The Morgan fingerprint density at radius 3 is 3.00 bits per heavy atom. The quantitative estimate of drug-likeness (QED) is 0.544. The molecule has 80 valence electrons. The molecule has 2 nitrogen and oxygen atoms in total. The van der Waals surface area contributed by atoms with Crippen molar-refractivity contribution in [3.8, 4) is 0 Å². The second-order valence-corrected chi connectivity index (χ2v) is 4.79. The fourth-order valence-corrected chi connectivity index (χ4v) is 2.09. The van der Waals surface area contributed by atoms with Gasteiger partial charge in [-0.15, -0.1) is 0 Å². The third kappa shape index (κ3) is 3.74. The molecule has 0 aliphatic rings. The van der Waals surface area contributed by atoms with E-state index in [-0.39, 0.29) is 0 Å². The Morgan fingerprint density at radius 2 is 2.29 bits per heavy atom. The van der Waals surface area contributed by atoms with Crippen LogP contribution in [-0.4, -0.2) is 16.5 Å². The fraction of sp³-hybridized carbons (Fsp3) is 0.727. The summed E-state index contributed by atoms with van der Waals surface area (Å²) >= 11 is 2.00. The molecule has 1 aromatic heterocycles. The Kier molecular flexibility index (Phi) is 5.76. The minimum Gasteiger partial charge on any atom is -0.248 e. The van der Waals surface area contributed by atoms with E-state index >= 15 is 0 Å². The number of imidazole rings is 1. The molecule has 0 aliphatic heterocycles. The van der Waals surface area contributed by atoms with Crippen LogP contribution >= 0.6 is 11.8 Å². The molecule has 0 bridgehead atoms. The van der Waals surface area contributed by atoms with Gasteiger partial charge in [-0.1, -0.05) is 20.3 Å². The van der Waals surface area contributed by atoms with E-state index in [1.54, 1.807) is 0 Å². The van der Waals surface area contributed by atoms with Crippen molar-refractivity contribution in [3.63, 3.8) is 0 Å². The van der Waals surface area contributed by atoms with Gasteiger partial charge in [-0.2, -0.15) is 11.8 Å². The van der Waals surface area contributed by atoms with E-state index < -0.39 is 0 Å². The van der Waals surface area contributed by atoms with Gasteiger partial charge in [-0.25, -0.2) is 9.55 Å². The molecule has 0 saturated carbocycles. The average molecular weight is 213 g/mol. The normalized spacial score (nSPS) is 10.7. The Hall–Kier alpha value is -0.440. The Bertz CT molecular complexity index is 245. The number of H-pyrrole nitrogens is 1.